The van der Waals surface area contributed by atoms with E-state index in [2.05, 4.69) is 10.1 Å². The molecule has 31 heavy (non-hydrogen) atoms. The minimum Gasteiger partial charge on any atom is -0.395 e. The molecule has 0 fully saturated rings. The fourth-order valence-electron chi connectivity index (χ4n) is 2.59. The highest BCUT2D eigenvalue weighted by Crippen LogP contribution is 2.31. The van der Waals surface area contributed by atoms with Crippen molar-refractivity contribution in [1.29, 1.82) is 0 Å². The summed E-state index contributed by atoms with van der Waals surface area (Å²) in [6.45, 7) is 1.70. The Bertz CT molecular complexity index is 1260. The first-order valence-electron chi connectivity index (χ1n) is 8.85. The molecule has 0 aliphatic rings. The van der Waals surface area contributed by atoms with Crippen LogP contribution in [0.5, 0.6) is 0 Å². The molecule has 2 heterocycles. The van der Waals surface area contributed by atoms with Crippen molar-refractivity contribution in [3.8, 4) is 10.4 Å². The lowest BCUT2D eigenvalue weighted by Gasteiger charge is -2.07. The van der Waals surface area contributed by atoms with Crippen LogP contribution in [0.25, 0.3) is 10.4 Å². The van der Waals surface area contributed by atoms with Crippen molar-refractivity contribution in [2.24, 2.45) is 10.7 Å². The number of hydrogen-bond donors (Lipinski definition) is 1. The first-order valence-corrected chi connectivity index (χ1v) is 11.6. The first kappa shape index (κ1) is 22.8. The molecule has 0 spiro atoms. The van der Waals surface area contributed by atoms with Crippen molar-refractivity contribution in [3.05, 3.63) is 70.6 Å². The molecule has 0 aliphatic heterocycles. The van der Waals surface area contributed by atoms with Crippen LogP contribution in [0.4, 0.5) is 13.2 Å². The number of nitrogens with two attached hydrogens (primary N) is 1. The largest absolute Gasteiger partial charge is 0.430 e. The number of halogens is 3. The summed E-state index contributed by atoms with van der Waals surface area (Å²) >= 11 is 1.17. The summed E-state index contributed by atoms with van der Waals surface area (Å²) in [4.78, 5) is 5.50. The van der Waals surface area contributed by atoms with E-state index in [1.807, 2.05) is 0 Å². The van der Waals surface area contributed by atoms with E-state index in [4.69, 9.17) is 10.3 Å². The quantitative estimate of drug-likeness (QED) is 0.536. The van der Waals surface area contributed by atoms with E-state index in [0.29, 0.717) is 26.8 Å². The zero-order chi connectivity index (χ0) is 22.8. The fourth-order valence-corrected chi connectivity index (χ4v) is 4.24. The van der Waals surface area contributed by atoms with Gasteiger partial charge in [-0.05, 0) is 42.8 Å². The predicted octanol–water partition coefficient (Wildman–Crippen LogP) is 4.51. The van der Waals surface area contributed by atoms with Crippen LogP contribution in [-0.2, 0) is 16.4 Å². The van der Waals surface area contributed by atoms with Gasteiger partial charge in [0.1, 0.15) is 17.2 Å². The van der Waals surface area contributed by atoms with E-state index >= 15 is 0 Å². The van der Waals surface area contributed by atoms with Crippen LogP contribution >= 0.6 is 11.3 Å². The second-order valence-electron chi connectivity index (χ2n) is 6.69. The molecule has 0 radical (unpaired) electrons. The summed E-state index contributed by atoms with van der Waals surface area (Å²) in [7, 11) is -3.40. The Hall–Kier alpha value is -2.92. The van der Waals surface area contributed by atoms with E-state index in [0.717, 1.165) is 12.3 Å². The molecule has 6 nitrogen and oxygen atoms in total. The number of thiophene rings is 1. The maximum absolute atomic E-state index is 13.0. The Morgan fingerprint density at radius 2 is 2.00 bits per heavy atom. The number of rotatable bonds is 6. The summed E-state index contributed by atoms with van der Waals surface area (Å²) in [5.74, 6) is 0.557. The average Bonchev–Trinajstić information content (AvgIpc) is 3.33. The zero-order valence-corrected chi connectivity index (χ0v) is 18.1. The lowest BCUT2D eigenvalue weighted by Crippen LogP contribution is -2.20. The normalized spacial score (nSPS) is 13.6. The van der Waals surface area contributed by atoms with Crippen LogP contribution in [0.15, 0.2) is 68.6 Å². The number of sulfone groups is 1. The molecule has 164 valence electrons. The smallest absolute Gasteiger partial charge is 0.395 e. The predicted molar refractivity (Wildman–Crippen MR) is 113 cm³/mol. The van der Waals surface area contributed by atoms with Gasteiger partial charge in [0, 0.05) is 17.2 Å². The van der Waals surface area contributed by atoms with Gasteiger partial charge >= 0.3 is 6.18 Å². The summed E-state index contributed by atoms with van der Waals surface area (Å²) in [5, 5.41) is 3.79. The van der Waals surface area contributed by atoms with Crippen molar-refractivity contribution in [3.63, 3.8) is 0 Å². The molecule has 0 atom stereocenters. The molecule has 0 amide bonds. The Morgan fingerprint density at radius 1 is 1.26 bits per heavy atom. The number of aryl methyl sites for hydroxylation is 1. The van der Waals surface area contributed by atoms with Gasteiger partial charge in [0.2, 0.25) is 0 Å². The van der Waals surface area contributed by atoms with Gasteiger partial charge in [0.05, 0.1) is 22.0 Å². The molecule has 0 aliphatic carbocycles. The highest BCUT2D eigenvalue weighted by molar-refractivity contribution is 7.90. The number of allylic oxidation sites excluding steroid dienone is 2. The van der Waals surface area contributed by atoms with Gasteiger partial charge in [-0.25, -0.2) is 8.42 Å². The molecule has 3 aromatic rings. The van der Waals surface area contributed by atoms with Crippen LogP contribution in [0.2, 0.25) is 0 Å². The van der Waals surface area contributed by atoms with Crippen molar-refractivity contribution < 1.29 is 26.1 Å². The Labute approximate surface area is 180 Å². The van der Waals surface area contributed by atoms with Crippen molar-refractivity contribution in [2.45, 2.75) is 24.5 Å². The van der Waals surface area contributed by atoms with E-state index in [1.54, 1.807) is 37.3 Å². The van der Waals surface area contributed by atoms with E-state index in [-0.39, 0.29) is 17.2 Å². The maximum Gasteiger partial charge on any atom is 0.430 e. The molecule has 3 rings (SSSR count). The molecule has 0 saturated heterocycles. The van der Waals surface area contributed by atoms with Gasteiger partial charge in [-0.2, -0.15) is 13.2 Å². The SMILES string of the molecule is Cc1cc(CN=C(C=C(N)C(F)(F)F)c2ccc(-c3cccc(S(C)(=O)=O)c3)s2)no1. The number of hydrogen-bond acceptors (Lipinski definition) is 7. The van der Waals surface area contributed by atoms with Crippen LogP contribution < -0.4 is 5.73 Å². The molecular weight excluding hydrogens is 451 g/mol. The lowest BCUT2D eigenvalue weighted by molar-refractivity contribution is -0.0925. The number of benzene rings is 1. The minimum absolute atomic E-state index is 0.00507. The van der Waals surface area contributed by atoms with Gasteiger partial charge in [0.25, 0.3) is 0 Å². The number of aliphatic imine (C=N–C) groups is 1. The summed E-state index contributed by atoms with van der Waals surface area (Å²) in [5.41, 5.74) is 5.05. The van der Waals surface area contributed by atoms with E-state index in [9.17, 15) is 21.6 Å². The standard InChI is InChI=1S/C20H18F3N3O3S2/c1-12-8-14(26-29-12)11-25-16(10-19(24)20(21,22)23)18-7-6-17(30-18)13-4-3-5-15(9-13)31(2,27)28/h3-10H,11,24H2,1-2H3. The van der Waals surface area contributed by atoms with Crippen LogP contribution in [0.1, 0.15) is 16.3 Å². The first-order chi connectivity index (χ1) is 14.4. The monoisotopic (exact) mass is 469 g/mol. The highest BCUT2D eigenvalue weighted by Gasteiger charge is 2.32. The Kier molecular flexibility index (Phi) is 6.37. The Balaban J connectivity index is 2.00. The van der Waals surface area contributed by atoms with Crippen molar-refractivity contribution >= 4 is 26.9 Å². The van der Waals surface area contributed by atoms with Gasteiger partial charge in [-0.15, -0.1) is 11.3 Å². The molecule has 0 bridgehead atoms. The van der Waals surface area contributed by atoms with E-state index < -0.39 is 21.7 Å². The van der Waals surface area contributed by atoms with E-state index in [1.165, 1.54) is 23.5 Å². The average molecular weight is 470 g/mol. The third-order valence-corrected chi connectivity index (χ3v) is 6.38. The van der Waals surface area contributed by atoms with Gasteiger partial charge < -0.3 is 10.3 Å². The van der Waals surface area contributed by atoms with Gasteiger partial charge in [-0.1, -0.05) is 17.3 Å². The van der Waals surface area contributed by atoms with Crippen molar-refractivity contribution in [2.75, 3.05) is 6.26 Å². The van der Waals surface area contributed by atoms with Gasteiger partial charge in [-0.3, -0.25) is 4.99 Å². The maximum atomic E-state index is 13.0. The summed E-state index contributed by atoms with van der Waals surface area (Å²) in [6, 6.07) is 11.3. The summed E-state index contributed by atoms with van der Waals surface area (Å²) < 4.78 is 67.5. The molecule has 0 saturated carbocycles. The second kappa shape index (κ2) is 8.67. The third kappa shape index (κ3) is 5.82. The fraction of sp³-hybridized carbons (Fsp3) is 0.200. The molecule has 2 N–H and O–H groups in total. The molecule has 11 heteroatoms. The highest BCUT2D eigenvalue weighted by atomic mass is 32.2. The molecular formula is C20H18F3N3O3S2. The third-order valence-electron chi connectivity index (χ3n) is 4.11. The van der Waals surface area contributed by atoms with Crippen LogP contribution in [0, 0.1) is 6.92 Å². The Morgan fingerprint density at radius 3 is 2.61 bits per heavy atom. The van der Waals surface area contributed by atoms with Crippen LogP contribution in [0.3, 0.4) is 0 Å². The van der Waals surface area contributed by atoms with Crippen molar-refractivity contribution in [1.82, 2.24) is 5.16 Å². The minimum atomic E-state index is -4.70. The topological polar surface area (TPSA) is 98.5 Å². The lowest BCUT2D eigenvalue weighted by atomic mass is 10.2. The molecule has 0 unspecified atom stereocenters. The number of aromatic nitrogens is 1. The van der Waals surface area contributed by atoms with Gasteiger partial charge in [0.15, 0.2) is 9.84 Å². The second-order valence-corrected chi connectivity index (χ2v) is 9.79. The zero-order valence-electron chi connectivity index (χ0n) is 16.5. The number of nitrogens with zero attached hydrogens (tertiary/aromatic N) is 2. The van der Waals surface area contributed by atoms with Crippen LogP contribution in [-0.4, -0.2) is 31.7 Å². The molecule has 2 aromatic heterocycles. The molecule has 1 aromatic carbocycles. The summed E-state index contributed by atoms with van der Waals surface area (Å²) in [6.07, 6.45) is -2.82. The number of alkyl halides is 3.